The topological polar surface area (TPSA) is 64.0 Å². The molecule has 0 unspecified atom stereocenters. The fraction of sp³-hybridized carbons (Fsp3) is 0.316. The molecule has 4 rings (SSSR count). The molecule has 1 aliphatic carbocycles. The number of nitrogens with zero attached hydrogens (tertiary/aromatic N) is 2. The standard InChI is InChI=1S/C19H19N3O2S2/c1-11-6-3-4-8-13(11)20-15(23)10-25-19-21-17-16(18(24)22(19)2)12-7-5-9-14(12)26-17/h3-4,6,8H,5,7,9-10H2,1-2H3,(H,20,23). The predicted octanol–water partition coefficient (Wildman–Crippen LogP) is 3.52. The SMILES string of the molecule is Cc1ccccc1NC(=O)CSc1nc2sc3c(c2c(=O)n1C)CCC3. The minimum Gasteiger partial charge on any atom is -0.325 e. The van der Waals surface area contributed by atoms with Crippen molar-refractivity contribution in [1.82, 2.24) is 9.55 Å². The quantitative estimate of drug-likeness (QED) is 0.551. The molecule has 1 aliphatic rings. The molecule has 0 radical (unpaired) electrons. The minimum atomic E-state index is -0.104. The van der Waals surface area contributed by atoms with Crippen molar-refractivity contribution in [2.24, 2.45) is 7.05 Å². The summed E-state index contributed by atoms with van der Waals surface area (Å²) in [5, 5.41) is 4.27. The Balaban J connectivity index is 1.54. The molecule has 134 valence electrons. The number of thioether (sulfide) groups is 1. The van der Waals surface area contributed by atoms with Crippen LogP contribution in [0.5, 0.6) is 0 Å². The zero-order chi connectivity index (χ0) is 18.3. The van der Waals surface area contributed by atoms with E-state index in [1.807, 2.05) is 31.2 Å². The molecular weight excluding hydrogens is 366 g/mol. The summed E-state index contributed by atoms with van der Waals surface area (Å²) in [4.78, 5) is 31.8. The van der Waals surface area contributed by atoms with Crippen LogP contribution in [0.1, 0.15) is 22.4 Å². The Labute approximate surface area is 159 Å². The Bertz CT molecular complexity index is 1070. The van der Waals surface area contributed by atoms with Crippen LogP contribution in [0.3, 0.4) is 0 Å². The largest absolute Gasteiger partial charge is 0.325 e. The highest BCUT2D eigenvalue weighted by atomic mass is 32.2. The van der Waals surface area contributed by atoms with Crippen LogP contribution in [0.4, 0.5) is 5.69 Å². The molecule has 0 spiro atoms. The van der Waals surface area contributed by atoms with Crippen LogP contribution in [0.2, 0.25) is 0 Å². The fourth-order valence-corrected chi connectivity index (χ4v) is 5.34. The maximum Gasteiger partial charge on any atom is 0.262 e. The summed E-state index contributed by atoms with van der Waals surface area (Å²) in [6, 6.07) is 7.67. The van der Waals surface area contributed by atoms with Gasteiger partial charge in [-0.25, -0.2) is 4.98 Å². The smallest absolute Gasteiger partial charge is 0.262 e. The number of aryl methyl sites for hydroxylation is 3. The molecule has 0 aliphatic heterocycles. The number of carbonyl (C=O) groups excluding carboxylic acids is 1. The normalized spacial score (nSPS) is 13.2. The van der Waals surface area contributed by atoms with Crippen molar-refractivity contribution in [2.75, 3.05) is 11.1 Å². The summed E-state index contributed by atoms with van der Waals surface area (Å²) in [6.07, 6.45) is 3.13. The van der Waals surface area contributed by atoms with Gasteiger partial charge in [-0.1, -0.05) is 30.0 Å². The molecule has 1 N–H and O–H groups in total. The predicted molar refractivity (Wildman–Crippen MR) is 107 cm³/mol. The second-order valence-electron chi connectivity index (χ2n) is 6.45. The number of para-hydroxylation sites is 1. The van der Waals surface area contributed by atoms with Crippen molar-refractivity contribution < 1.29 is 4.79 Å². The molecule has 2 heterocycles. The lowest BCUT2D eigenvalue weighted by molar-refractivity contribution is -0.113. The fourth-order valence-electron chi connectivity index (χ4n) is 3.26. The number of aromatic nitrogens is 2. The molecular formula is C19H19N3O2S2. The van der Waals surface area contributed by atoms with E-state index in [2.05, 4.69) is 10.3 Å². The van der Waals surface area contributed by atoms with E-state index >= 15 is 0 Å². The van der Waals surface area contributed by atoms with Gasteiger partial charge in [0.1, 0.15) is 4.83 Å². The molecule has 0 saturated carbocycles. The van der Waals surface area contributed by atoms with Crippen molar-refractivity contribution >= 4 is 44.9 Å². The Morgan fingerprint density at radius 2 is 2.15 bits per heavy atom. The molecule has 7 heteroatoms. The summed E-state index contributed by atoms with van der Waals surface area (Å²) in [5.41, 5.74) is 3.01. The third-order valence-corrected chi connectivity index (χ3v) is 6.87. The number of hydrogen-bond acceptors (Lipinski definition) is 5. The number of amides is 1. The van der Waals surface area contributed by atoms with Gasteiger partial charge in [0.2, 0.25) is 5.91 Å². The van der Waals surface area contributed by atoms with Gasteiger partial charge in [-0.3, -0.25) is 14.2 Å². The van der Waals surface area contributed by atoms with Gasteiger partial charge in [0.15, 0.2) is 5.16 Å². The molecule has 1 amide bonds. The maximum atomic E-state index is 12.8. The first-order chi connectivity index (χ1) is 12.5. The zero-order valence-electron chi connectivity index (χ0n) is 14.7. The van der Waals surface area contributed by atoms with Crippen LogP contribution in [-0.4, -0.2) is 21.2 Å². The maximum absolute atomic E-state index is 12.8. The van der Waals surface area contributed by atoms with E-state index in [4.69, 9.17) is 0 Å². The van der Waals surface area contributed by atoms with Gasteiger partial charge >= 0.3 is 0 Å². The van der Waals surface area contributed by atoms with Crippen molar-refractivity contribution in [3.8, 4) is 0 Å². The summed E-state index contributed by atoms with van der Waals surface area (Å²) in [7, 11) is 1.73. The number of nitrogens with one attached hydrogen (secondary N) is 1. The van der Waals surface area contributed by atoms with Crippen molar-refractivity contribution in [2.45, 2.75) is 31.3 Å². The van der Waals surface area contributed by atoms with Crippen LogP contribution in [0.15, 0.2) is 34.2 Å². The average Bonchev–Trinajstić information content (AvgIpc) is 3.19. The summed E-state index contributed by atoms with van der Waals surface area (Å²) < 4.78 is 1.57. The Morgan fingerprint density at radius 3 is 2.96 bits per heavy atom. The second-order valence-corrected chi connectivity index (χ2v) is 8.47. The van der Waals surface area contributed by atoms with Gasteiger partial charge in [0.05, 0.1) is 11.1 Å². The van der Waals surface area contributed by atoms with Crippen LogP contribution < -0.4 is 10.9 Å². The molecule has 0 fully saturated rings. The van der Waals surface area contributed by atoms with Gasteiger partial charge < -0.3 is 5.32 Å². The molecule has 1 aromatic carbocycles. The monoisotopic (exact) mass is 385 g/mol. The Kier molecular flexibility index (Phi) is 4.58. The number of rotatable bonds is 4. The highest BCUT2D eigenvalue weighted by molar-refractivity contribution is 7.99. The summed E-state index contributed by atoms with van der Waals surface area (Å²) >= 11 is 2.92. The molecule has 26 heavy (non-hydrogen) atoms. The number of carbonyl (C=O) groups is 1. The van der Waals surface area contributed by atoms with Gasteiger partial charge in [-0.05, 0) is 43.4 Å². The number of anilines is 1. The molecule has 5 nitrogen and oxygen atoms in total. The summed E-state index contributed by atoms with van der Waals surface area (Å²) in [5.74, 6) is 0.109. The van der Waals surface area contributed by atoms with E-state index in [0.29, 0.717) is 5.16 Å². The van der Waals surface area contributed by atoms with E-state index in [1.54, 1.807) is 23.0 Å². The molecule has 0 bridgehead atoms. The molecule has 2 aromatic heterocycles. The number of fused-ring (bicyclic) bond motifs is 3. The zero-order valence-corrected chi connectivity index (χ0v) is 16.3. The molecule has 0 atom stereocenters. The Hall–Kier alpha value is -2.12. The minimum absolute atomic E-state index is 0.00351. The van der Waals surface area contributed by atoms with Gasteiger partial charge in [-0.15, -0.1) is 11.3 Å². The lowest BCUT2D eigenvalue weighted by Gasteiger charge is -2.09. The number of thiophene rings is 1. The summed E-state index contributed by atoms with van der Waals surface area (Å²) in [6.45, 7) is 1.96. The van der Waals surface area contributed by atoms with Gasteiger partial charge in [0, 0.05) is 17.6 Å². The molecule has 0 saturated heterocycles. The third-order valence-electron chi connectivity index (χ3n) is 4.66. The van der Waals surface area contributed by atoms with Crippen molar-refractivity contribution in [3.05, 3.63) is 50.6 Å². The average molecular weight is 386 g/mol. The van der Waals surface area contributed by atoms with E-state index in [1.165, 1.54) is 22.2 Å². The second kappa shape index (κ2) is 6.89. The van der Waals surface area contributed by atoms with Crippen LogP contribution >= 0.6 is 23.1 Å². The van der Waals surface area contributed by atoms with Crippen LogP contribution in [0, 0.1) is 6.92 Å². The molecule has 3 aromatic rings. The van der Waals surface area contributed by atoms with Crippen molar-refractivity contribution in [3.63, 3.8) is 0 Å². The number of benzene rings is 1. The Morgan fingerprint density at radius 1 is 1.35 bits per heavy atom. The van der Waals surface area contributed by atoms with Crippen LogP contribution in [-0.2, 0) is 24.7 Å². The van der Waals surface area contributed by atoms with E-state index < -0.39 is 0 Å². The first-order valence-electron chi connectivity index (χ1n) is 8.54. The van der Waals surface area contributed by atoms with Crippen molar-refractivity contribution in [1.29, 1.82) is 0 Å². The third kappa shape index (κ3) is 3.05. The van der Waals surface area contributed by atoms with E-state index in [9.17, 15) is 9.59 Å². The lowest BCUT2D eigenvalue weighted by Crippen LogP contribution is -2.21. The van der Waals surface area contributed by atoms with Gasteiger partial charge in [0.25, 0.3) is 5.56 Å². The highest BCUT2D eigenvalue weighted by Crippen LogP contribution is 2.35. The first-order valence-corrected chi connectivity index (χ1v) is 10.3. The number of hydrogen-bond donors (Lipinski definition) is 1. The first kappa shape index (κ1) is 17.3. The van der Waals surface area contributed by atoms with E-state index in [-0.39, 0.29) is 17.2 Å². The van der Waals surface area contributed by atoms with E-state index in [0.717, 1.165) is 40.7 Å². The van der Waals surface area contributed by atoms with Gasteiger partial charge in [-0.2, -0.15) is 0 Å². The van der Waals surface area contributed by atoms with Crippen LogP contribution in [0.25, 0.3) is 10.2 Å². The highest BCUT2D eigenvalue weighted by Gasteiger charge is 2.22. The lowest BCUT2D eigenvalue weighted by atomic mass is 10.2.